The van der Waals surface area contributed by atoms with Crippen LogP contribution in [0.2, 0.25) is 0 Å². The van der Waals surface area contributed by atoms with E-state index in [0.29, 0.717) is 51.6 Å². The molecule has 174 valence electrons. The second kappa shape index (κ2) is 13.2. The van der Waals surface area contributed by atoms with Crippen molar-refractivity contribution in [3.8, 4) is 5.75 Å². The van der Waals surface area contributed by atoms with Crippen LogP contribution < -0.4 is 10.5 Å². The molecule has 0 radical (unpaired) electrons. The van der Waals surface area contributed by atoms with Crippen molar-refractivity contribution >= 4 is 11.9 Å². The fourth-order valence-corrected chi connectivity index (χ4v) is 3.39. The van der Waals surface area contributed by atoms with Crippen molar-refractivity contribution in [3.63, 3.8) is 0 Å². The van der Waals surface area contributed by atoms with Gasteiger partial charge in [-0.05, 0) is 17.7 Å². The summed E-state index contributed by atoms with van der Waals surface area (Å²) in [6.45, 7) is 2.99. The number of carboxylic acid groups (broad SMARTS) is 2. The van der Waals surface area contributed by atoms with Crippen molar-refractivity contribution in [1.29, 1.82) is 0 Å². The Morgan fingerprint density at radius 3 is 2.10 bits per heavy atom. The molecule has 0 aromatic heterocycles. The lowest BCUT2D eigenvalue weighted by Crippen LogP contribution is -2.51. The Morgan fingerprint density at radius 2 is 1.52 bits per heavy atom. The van der Waals surface area contributed by atoms with Gasteiger partial charge in [-0.15, -0.1) is 0 Å². The Morgan fingerprint density at radius 1 is 0.968 bits per heavy atom. The smallest absolute Gasteiger partial charge is 0.317 e. The number of ether oxygens (including phenoxy) is 1. The normalized spacial score (nSPS) is 19.7. The van der Waals surface area contributed by atoms with Gasteiger partial charge in [0.05, 0.1) is 20.2 Å². The lowest BCUT2D eigenvalue weighted by molar-refractivity contribution is -0.296. The molecule has 1 aromatic rings. The number of aliphatic carboxylic acids is 2. The quantitative estimate of drug-likeness (QED) is 0.321. The molecule has 0 amide bonds. The molecule has 1 unspecified atom stereocenters. The predicted molar refractivity (Wildman–Crippen MR) is 111 cm³/mol. The molecule has 0 spiro atoms. The van der Waals surface area contributed by atoms with Crippen LogP contribution in [0.25, 0.3) is 0 Å². The fourth-order valence-electron chi connectivity index (χ4n) is 3.39. The van der Waals surface area contributed by atoms with Crippen molar-refractivity contribution in [2.45, 2.75) is 12.6 Å². The Balaban J connectivity index is 2.18. The Hall–Kier alpha value is -2.28. The van der Waals surface area contributed by atoms with Crippen molar-refractivity contribution in [2.24, 2.45) is 5.73 Å². The summed E-state index contributed by atoms with van der Waals surface area (Å²) in [5, 5.41) is 18.5. The Bertz CT molecular complexity index is 689. The highest BCUT2D eigenvalue weighted by molar-refractivity contribution is 5.69. The highest BCUT2D eigenvalue weighted by Crippen LogP contribution is 2.16. The second-order valence-electron chi connectivity index (χ2n) is 7.38. The average molecular weight is 440 g/mol. The number of rotatable bonds is 10. The van der Waals surface area contributed by atoms with Gasteiger partial charge in [0.2, 0.25) is 0 Å². The van der Waals surface area contributed by atoms with Gasteiger partial charge in [0, 0.05) is 45.8 Å². The van der Waals surface area contributed by atoms with Crippen molar-refractivity contribution < 1.29 is 34.3 Å². The third-order valence-electron chi connectivity index (χ3n) is 4.92. The van der Waals surface area contributed by atoms with Gasteiger partial charge in [-0.25, -0.2) is 9.78 Å². The maximum Gasteiger partial charge on any atom is 0.317 e. The first-order valence-corrected chi connectivity index (χ1v) is 10.1. The zero-order chi connectivity index (χ0) is 22.6. The van der Waals surface area contributed by atoms with Crippen LogP contribution in [0.3, 0.4) is 0 Å². The van der Waals surface area contributed by atoms with E-state index in [1.165, 1.54) is 7.11 Å². The van der Waals surface area contributed by atoms with Gasteiger partial charge in [0.15, 0.2) is 0 Å². The minimum Gasteiger partial charge on any atom is -0.488 e. The zero-order valence-electron chi connectivity index (χ0n) is 17.8. The first-order valence-electron chi connectivity index (χ1n) is 10.1. The topological polar surface area (TPSA) is 138 Å². The fraction of sp³-hybridized carbons (Fsp3) is 0.600. The molecular weight excluding hydrogens is 408 g/mol. The van der Waals surface area contributed by atoms with Crippen LogP contribution in [0.5, 0.6) is 5.75 Å². The number of nitrogens with zero attached hydrogens (tertiary/aromatic N) is 3. The van der Waals surface area contributed by atoms with Gasteiger partial charge in [-0.2, -0.15) is 0 Å². The molecule has 1 aromatic carbocycles. The van der Waals surface area contributed by atoms with Gasteiger partial charge >= 0.3 is 11.9 Å². The molecule has 1 aliphatic heterocycles. The summed E-state index contributed by atoms with van der Waals surface area (Å²) in [6.07, 6.45) is -0.338. The van der Waals surface area contributed by atoms with E-state index in [9.17, 15) is 19.8 Å². The minimum absolute atomic E-state index is 0.118. The van der Waals surface area contributed by atoms with Crippen LogP contribution in [-0.2, 0) is 25.9 Å². The van der Waals surface area contributed by atoms with E-state index < -0.39 is 11.9 Å². The number of hydrogen-bond donors (Lipinski definition) is 3. The molecule has 1 heterocycles. The first-order chi connectivity index (χ1) is 14.9. The molecule has 1 atom stereocenters. The number of carbonyl (C=O) groups is 2. The maximum absolute atomic E-state index is 11.4. The van der Waals surface area contributed by atoms with Gasteiger partial charge in [0.25, 0.3) is 0 Å². The summed E-state index contributed by atoms with van der Waals surface area (Å²) < 4.78 is 6.18. The first kappa shape index (κ1) is 25.0. The van der Waals surface area contributed by atoms with E-state index in [0.717, 1.165) is 5.56 Å². The van der Waals surface area contributed by atoms with E-state index in [2.05, 4.69) is 0 Å². The van der Waals surface area contributed by atoms with Gasteiger partial charge < -0.3 is 20.7 Å². The third-order valence-corrected chi connectivity index (χ3v) is 4.92. The molecule has 0 aliphatic carbocycles. The largest absolute Gasteiger partial charge is 0.488 e. The van der Waals surface area contributed by atoms with Gasteiger partial charge in [-0.3, -0.25) is 24.3 Å². The molecule has 31 heavy (non-hydrogen) atoms. The van der Waals surface area contributed by atoms with Crippen LogP contribution >= 0.6 is 0 Å². The van der Waals surface area contributed by atoms with Crippen molar-refractivity contribution in [2.75, 3.05) is 66.2 Å². The molecule has 1 saturated heterocycles. The zero-order valence-corrected chi connectivity index (χ0v) is 17.8. The molecule has 2 rings (SSSR count). The molecule has 4 N–H and O–H groups in total. The second-order valence-corrected chi connectivity index (χ2v) is 7.38. The molecule has 0 bridgehead atoms. The average Bonchev–Trinajstić information content (AvgIpc) is 2.72. The lowest BCUT2D eigenvalue weighted by atomic mass is 10.2. The summed E-state index contributed by atoms with van der Waals surface area (Å²) in [4.78, 5) is 37.9. The Labute approximate surface area is 181 Å². The molecule has 1 fully saturated rings. The van der Waals surface area contributed by atoms with Crippen molar-refractivity contribution in [1.82, 2.24) is 14.7 Å². The van der Waals surface area contributed by atoms with Crippen LogP contribution in [0.4, 0.5) is 0 Å². The number of benzene rings is 1. The third kappa shape index (κ3) is 9.59. The highest BCUT2D eigenvalue weighted by atomic mass is 17.2. The summed E-state index contributed by atoms with van der Waals surface area (Å²) >= 11 is 0. The molecule has 1 aliphatic rings. The maximum atomic E-state index is 11.4. The SMILES string of the molecule is COOCN1CCN(CC(=O)O)CCN(CC(=O)O)CC(Oc2ccc(CN)cc2)C1. The van der Waals surface area contributed by atoms with Gasteiger partial charge in [-0.1, -0.05) is 12.1 Å². The van der Waals surface area contributed by atoms with E-state index in [1.54, 1.807) is 9.80 Å². The molecule has 11 heteroatoms. The van der Waals surface area contributed by atoms with Crippen molar-refractivity contribution in [3.05, 3.63) is 29.8 Å². The standard InChI is InChI=1S/C20H32N4O7/c1-29-30-15-24-9-7-22(13-19(25)26)6-8-23(14-20(27)28)11-18(12-24)31-17-4-2-16(10-21)3-5-17/h2-5,18H,6-15,21H2,1H3,(H,25,26)(H,27,28). The van der Waals surface area contributed by atoms with E-state index in [4.69, 9.17) is 20.2 Å². The predicted octanol–water partition coefficient (Wildman–Crippen LogP) is -0.483. The van der Waals surface area contributed by atoms with Crippen LogP contribution in [0, 0.1) is 0 Å². The lowest BCUT2D eigenvalue weighted by Gasteiger charge is -2.35. The van der Waals surface area contributed by atoms with Crippen LogP contribution in [-0.4, -0.2) is 109 Å². The van der Waals surface area contributed by atoms with Crippen LogP contribution in [0.15, 0.2) is 24.3 Å². The number of carboxylic acids is 2. The van der Waals surface area contributed by atoms with E-state index >= 15 is 0 Å². The summed E-state index contributed by atoms with van der Waals surface area (Å²) in [6, 6.07) is 7.46. The van der Waals surface area contributed by atoms with Gasteiger partial charge in [0.1, 0.15) is 18.6 Å². The number of nitrogens with two attached hydrogens (primary N) is 1. The van der Waals surface area contributed by atoms with E-state index in [-0.39, 0.29) is 25.9 Å². The number of hydrogen-bond acceptors (Lipinski definition) is 9. The summed E-state index contributed by atoms with van der Waals surface area (Å²) in [5.74, 6) is -1.22. The molecule has 11 nitrogen and oxygen atoms in total. The highest BCUT2D eigenvalue weighted by Gasteiger charge is 2.24. The van der Waals surface area contributed by atoms with E-state index in [1.807, 2.05) is 29.2 Å². The minimum atomic E-state index is -0.951. The van der Waals surface area contributed by atoms with Crippen LogP contribution in [0.1, 0.15) is 5.56 Å². The molecular formula is C20H32N4O7. The monoisotopic (exact) mass is 440 g/mol. The Kier molecular flexibility index (Phi) is 10.6. The summed E-state index contributed by atoms with van der Waals surface area (Å²) in [7, 11) is 1.42. The molecule has 0 saturated carbocycles. The summed E-state index contributed by atoms with van der Waals surface area (Å²) in [5.41, 5.74) is 6.63.